The third-order valence-electron chi connectivity index (χ3n) is 5.21. The van der Waals surface area contributed by atoms with Crippen LogP contribution in [0.1, 0.15) is 30.1 Å². The van der Waals surface area contributed by atoms with E-state index in [1.165, 1.54) is 16.3 Å². The number of benzene rings is 2. The first-order valence-corrected chi connectivity index (χ1v) is 9.31. The molecule has 0 aliphatic carbocycles. The Hall–Kier alpha value is -2.24. The second kappa shape index (κ2) is 7.17. The first kappa shape index (κ1) is 17.2. The average molecular weight is 351 g/mol. The summed E-state index contributed by atoms with van der Waals surface area (Å²) in [4.78, 5) is 6.59. The van der Waals surface area contributed by atoms with Crippen LogP contribution in [0.15, 0.2) is 47.0 Å². The highest BCUT2D eigenvalue weighted by Gasteiger charge is 2.35. The molecule has 2 heterocycles. The van der Waals surface area contributed by atoms with Gasteiger partial charge in [-0.05, 0) is 49.1 Å². The van der Waals surface area contributed by atoms with Gasteiger partial charge in [0, 0.05) is 13.1 Å². The van der Waals surface area contributed by atoms with Crippen molar-refractivity contribution < 1.29 is 9.63 Å². The number of aromatic nitrogens is 2. The van der Waals surface area contributed by atoms with Gasteiger partial charge in [-0.15, -0.1) is 0 Å². The molecule has 1 aromatic heterocycles. The largest absolute Gasteiger partial charge is 0.388 e. The summed E-state index contributed by atoms with van der Waals surface area (Å²) < 4.78 is 5.20. The van der Waals surface area contributed by atoms with E-state index in [1.807, 2.05) is 0 Å². The van der Waals surface area contributed by atoms with E-state index in [4.69, 9.17) is 4.52 Å². The number of aryl methyl sites for hydroxylation is 1. The van der Waals surface area contributed by atoms with Crippen LogP contribution >= 0.6 is 0 Å². The fraction of sp³-hybridized carbons (Fsp3) is 0.429. The van der Waals surface area contributed by atoms with E-state index in [0.717, 1.165) is 32.4 Å². The minimum Gasteiger partial charge on any atom is -0.388 e. The Bertz CT molecular complexity index is 892. The van der Waals surface area contributed by atoms with Crippen molar-refractivity contribution >= 4 is 10.8 Å². The Morgan fingerprint density at radius 1 is 1.19 bits per heavy atom. The lowest BCUT2D eigenvalue weighted by Gasteiger charge is -2.38. The van der Waals surface area contributed by atoms with Crippen LogP contribution in [0, 0.1) is 6.92 Å². The van der Waals surface area contributed by atoms with E-state index < -0.39 is 5.60 Å². The summed E-state index contributed by atoms with van der Waals surface area (Å²) in [6.45, 7) is 4.43. The van der Waals surface area contributed by atoms with Crippen molar-refractivity contribution in [2.75, 3.05) is 19.6 Å². The number of fused-ring (bicyclic) bond motifs is 1. The average Bonchev–Trinajstić information content (AvgIpc) is 3.04. The maximum Gasteiger partial charge on any atom is 0.229 e. The lowest BCUT2D eigenvalue weighted by atomic mass is 9.89. The van der Waals surface area contributed by atoms with Gasteiger partial charge in [-0.25, -0.2) is 0 Å². The van der Waals surface area contributed by atoms with Gasteiger partial charge in [0.15, 0.2) is 5.82 Å². The summed E-state index contributed by atoms with van der Waals surface area (Å²) in [5.41, 5.74) is 0.561. The van der Waals surface area contributed by atoms with E-state index >= 15 is 0 Å². The topological polar surface area (TPSA) is 62.4 Å². The molecule has 1 fully saturated rings. The molecule has 1 aliphatic heterocycles. The van der Waals surface area contributed by atoms with Gasteiger partial charge in [0.2, 0.25) is 5.89 Å². The summed E-state index contributed by atoms with van der Waals surface area (Å²) in [6.07, 6.45) is 3.18. The molecule has 1 atom stereocenters. The molecule has 0 radical (unpaired) electrons. The minimum absolute atomic E-state index is 0.431. The van der Waals surface area contributed by atoms with Crippen LogP contribution in [0.25, 0.3) is 10.8 Å². The lowest BCUT2D eigenvalue weighted by molar-refractivity contribution is -0.0345. The molecule has 3 aromatic rings. The SMILES string of the molecule is Cc1noc(CC2(O)CCCN(CCc3ccc4ccccc4c3)C2)n1. The molecule has 0 saturated carbocycles. The summed E-state index contributed by atoms with van der Waals surface area (Å²) in [5.74, 6) is 1.15. The van der Waals surface area contributed by atoms with Crippen molar-refractivity contribution in [1.29, 1.82) is 0 Å². The van der Waals surface area contributed by atoms with Crippen LogP contribution in [-0.2, 0) is 12.8 Å². The molecule has 0 spiro atoms. The monoisotopic (exact) mass is 351 g/mol. The van der Waals surface area contributed by atoms with Crippen molar-refractivity contribution in [3.63, 3.8) is 0 Å². The molecule has 5 nitrogen and oxygen atoms in total. The van der Waals surface area contributed by atoms with E-state index in [1.54, 1.807) is 6.92 Å². The predicted molar refractivity (Wildman–Crippen MR) is 101 cm³/mol. The molecular formula is C21H25N3O2. The Morgan fingerprint density at radius 3 is 2.85 bits per heavy atom. The Morgan fingerprint density at radius 2 is 2.04 bits per heavy atom. The van der Waals surface area contributed by atoms with Gasteiger partial charge in [-0.3, -0.25) is 0 Å². The molecule has 136 valence electrons. The molecule has 2 aromatic carbocycles. The van der Waals surface area contributed by atoms with Crippen molar-refractivity contribution in [2.24, 2.45) is 0 Å². The standard InChI is InChI=1S/C21H25N3O2/c1-16-22-20(26-23-16)14-21(25)10-4-11-24(15-21)12-9-17-7-8-18-5-2-3-6-19(18)13-17/h2-3,5-8,13,25H,4,9-12,14-15H2,1H3. The number of hydrogen-bond donors (Lipinski definition) is 1. The summed E-state index contributed by atoms with van der Waals surface area (Å²) >= 11 is 0. The van der Waals surface area contributed by atoms with Crippen molar-refractivity contribution in [3.8, 4) is 0 Å². The first-order valence-electron chi connectivity index (χ1n) is 9.31. The summed E-state index contributed by atoms with van der Waals surface area (Å²) in [6, 6.07) is 15.1. The lowest BCUT2D eigenvalue weighted by Crippen LogP contribution is -2.50. The zero-order valence-electron chi connectivity index (χ0n) is 15.2. The van der Waals surface area contributed by atoms with Gasteiger partial charge in [-0.1, -0.05) is 47.6 Å². The van der Waals surface area contributed by atoms with Crippen LogP contribution in [0.5, 0.6) is 0 Å². The second-order valence-corrected chi connectivity index (χ2v) is 7.45. The van der Waals surface area contributed by atoms with Crippen molar-refractivity contribution in [2.45, 2.75) is 38.2 Å². The Balaban J connectivity index is 1.38. The molecule has 1 aliphatic rings. The molecular weight excluding hydrogens is 326 g/mol. The van der Waals surface area contributed by atoms with E-state index in [2.05, 4.69) is 57.5 Å². The fourth-order valence-electron chi connectivity index (χ4n) is 3.92. The van der Waals surface area contributed by atoms with Gasteiger partial charge in [0.1, 0.15) is 0 Å². The molecule has 4 rings (SSSR count). The van der Waals surface area contributed by atoms with Gasteiger partial charge in [0.25, 0.3) is 0 Å². The van der Waals surface area contributed by atoms with Gasteiger partial charge in [-0.2, -0.15) is 4.98 Å². The molecule has 1 unspecified atom stereocenters. The molecule has 1 N–H and O–H groups in total. The molecule has 0 amide bonds. The van der Waals surface area contributed by atoms with Gasteiger partial charge in [0.05, 0.1) is 12.0 Å². The quantitative estimate of drug-likeness (QED) is 0.765. The minimum atomic E-state index is -0.777. The third-order valence-corrected chi connectivity index (χ3v) is 5.21. The third kappa shape index (κ3) is 3.94. The highest BCUT2D eigenvalue weighted by atomic mass is 16.5. The second-order valence-electron chi connectivity index (χ2n) is 7.45. The fourth-order valence-corrected chi connectivity index (χ4v) is 3.92. The number of rotatable bonds is 5. The van der Waals surface area contributed by atoms with E-state index in [9.17, 15) is 5.11 Å². The number of nitrogens with zero attached hydrogens (tertiary/aromatic N) is 3. The molecule has 0 bridgehead atoms. The van der Waals surface area contributed by atoms with Crippen LogP contribution in [0.3, 0.4) is 0 Å². The summed E-state index contributed by atoms with van der Waals surface area (Å²) in [5, 5.41) is 17.4. The number of β-amino-alcohol motifs (C(OH)–C–C–N with tert-alkyl or cyclic N) is 1. The number of aliphatic hydroxyl groups is 1. The van der Waals surface area contributed by atoms with Crippen LogP contribution < -0.4 is 0 Å². The smallest absolute Gasteiger partial charge is 0.229 e. The van der Waals surface area contributed by atoms with Gasteiger partial charge >= 0.3 is 0 Å². The van der Waals surface area contributed by atoms with E-state index in [0.29, 0.717) is 24.7 Å². The maximum atomic E-state index is 11.0. The zero-order valence-corrected chi connectivity index (χ0v) is 15.2. The highest BCUT2D eigenvalue weighted by molar-refractivity contribution is 5.82. The Kier molecular flexibility index (Phi) is 4.74. The van der Waals surface area contributed by atoms with Crippen molar-refractivity contribution in [3.05, 3.63) is 59.7 Å². The maximum absolute atomic E-state index is 11.0. The normalized spacial score (nSPS) is 21.3. The predicted octanol–water partition coefficient (Wildman–Crippen LogP) is 3.14. The van der Waals surface area contributed by atoms with Crippen molar-refractivity contribution in [1.82, 2.24) is 15.0 Å². The van der Waals surface area contributed by atoms with E-state index in [-0.39, 0.29) is 0 Å². The molecule has 26 heavy (non-hydrogen) atoms. The van der Waals surface area contributed by atoms with Crippen LogP contribution in [-0.4, -0.2) is 45.4 Å². The number of likely N-dealkylation sites (tertiary alicyclic amines) is 1. The first-order chi connectivity index (χ1) is 12.6. The zero-order chi connectivity index (χ0) is 18.0. The number of hydrogen-bond acceptors (Lipinski definition) is 5. The van der Waals surface area contributed by atoms with Crippen LogP contribution in [0.2, 0.25) is 0 Å². The number of piperidine rings is 1. The molecule has 1 saturated heterocycles. The van der Waals surface area contributed by atoms with Gasteiger partial charge < -0.3 is 14.5 Å². The van der Waals surface area contributed by atoms with Crippen LogP contribution in [0.4, 0.5) is 0 Å². The summed E-state index contributed by atoms with van der Waals surface area (Å²) in [7, 11) is 0. The Labute approximate surface area is 153 Å². The molecule has 5 heteroatoms. The highest BCUT2D eigenvalue weighted by Crippen LogP contribution is 2.25.